The third kappa shape index (κ3) is 2.76. The van der Waals surface area contributed by atoms with E-state index in [9.17, 15) is 0 Å². The quantitative estimate of drug-likeness (QED) is 0.815. The molecule has 1 atom stereocenters. The van der Waals surface area contributed by atoms with E-state index in [0.717, 1.165) is 33.9 Å². The second-order valence-corrected chi connectivity index (χ2v) is 6.92. The molecule has 1 aliphatic heterocycles. The number of aromatic nitrogens is 4. The molecule has 22 heavy (non-hydrogen) atoms. The minimum atomic E-state index is 0.507. The van der Waals surface area contributed by atoms with Crippen LogP contribution < -0.4 is 4.90 Å². The second-order valence-electron chi connectivity index (χ2n) is 6.12. The fraction of sp³-hybridized carbons (Fsp3) is 0.562. The van der Waals surface area contributed by atoms with E-state index in [-0.39, 0.29) is 0 Å². The van der Waals surface area contributed by atoms with Gasteiger partial charge < -0.3 is 4.90 Å². The topological polar surface area (TPSA) is 46.8 Å². The molecular weight excluding hydrogens is 342 g/mol. The van der Waals surface area contributed by atoms with Gasteiger partial charge in [-0.1, -0.05) is 0 Å². The smallest absolute Gasteiger partial charge is 0.253 e. The zero-order chi connectivity index (χ0) is 15.9. The molecule has 0 aliphatic carbocycles. The van der Waals surface area contributed by atoms with Crippen molar-refractivity contribution in [2.24, 2.45) is 0 Å². The highest BCUT2D eigenvalue weighted by molar-refractivity contribution is 9.10. The molecule has 2 aromatic heterocycles. The third-order valence-electron chi connectivity index (χ3n) is 4.26. The number of piperidine rings is 1. The van der Waals surface area contributed by atoms with Crippen LogP contribution in [0.1, 0.15) is 43.3 Å². The Morgan fingerprint density at radius 3 is 2.59 bits per heavy atom. The molecule has 0 bridgehead atoms. The van der Waals surface area contributed by atoms with Crippen LogP contribution in [0.4, 0.5) is 5.82 Å². The van der Waals surface area contributed by atoms with Crippen molar-refractivity contribution in [3.8, 4) is 5.95 Å². The fourth-order valence-corrected chi connectivity index (χ4v) is 3.46. The Hall–Kier alpha value is -1.43. The average molecular weight is 364 g/mol. The number of aryl methyl sites for hydroxylation is 3. The van der Waals surface area contributed by atoms with E-state index in [1.54, 1.807) is 0 Å². The molecule has 6 heteroatoms. The molecule has 0 amide bonds. The largest absolute Gasteiger partial charge is 0.353 e. The van der Waals surface area contributed by atoms with Gasteiger partial charge in [0, 0.05) is 18.3 Å². The van der Waals surface area contributed by atoms with E-state index < -0.39 is 0 Å². The summed E-state index contributed by atoms with van der Waals surface area (Å²) in [5, 5.41) is 4.51. The molecule has 0 spiro atoms. The standard InChI is InChI=1S/C16H22BrN5/c1-10-9-12(3)22(20-10)16-18-13(4)14(17)15(19-16)21-8-6-5-7-11(21)2/h9,11H,5-8H2,1-4H3/t11-/m0/s1. The van der Waals surface area contributed by atoms with Gasteiger partial charge in [0.25, 0.3) is 5.95 Å². The normalized spacial score (nSPS) is 18.8. The van der Waals surface area contributed by atoms with Crippen LogP contribution >= 0.6 is 15.9 Å². The Balaban J connectivity index is 2.09. The SMILES string of the molecule is Cc1cc(C)n(-c2nc(C)c(Br)c(N3CCCC[C@@H]3C)n2)n1. The molecule has 0 N–H and O–H groups in total. The van der Waals surface area contributed by atoms with Crippen molar-refractivity contribution in [3.63, 3.8) is 0 Å². The lowest BCUT2D eigenvalue weighted by Crippen LogP contribution is -2.38. The molecule has 0 unspecified atom stereocenters. The maximum absolute atomic E-state index is 4.82. The molecule has 3 rings (SSSR count). The molecule has 2 aromatic rings. The highest BCUT2D eigenvalue weighted by atomic mass is 79.9. The Bertz CT molecular complexity index is 694. The van der Waals surface area contributed by atoms with Crippen LogP contribution in [0.15, 0.2) is 10.5 Å². The van der Waals surface area contributed by atoms with Crippen LogP contribution in [0.2, 0.25) is 0 Å². The van der Waals surface area contributed by atoms with Gasteiger partial charge in [0.2, 0.25) is 0 Å². The molecule has 1 fully saturated rings. The maximum atomic E-state index is 4.82. The van der Waals surface area contributed by atoms with E-state index in [1.165, 1.54) is 19.3 Å². The van der Waals surface area contributed by atoms with Crippen molar-refractivity contribution in [1.82, 2.24) is 19.7 Å². The predicted octanol–water partition coefficient (Wildman–Crippen LogP) is 3.73. The van der Waals surface area contributed by atoms with Crippen LogP contribution in [-0.2, 0) is 0 Å². The highest BCUT2D eigenvalue weighted by Gasteiger charge is 2.24. The van der Waals surface area contributed by atoms with Crippen molar-refractivity contribution in [3.05, 3.63) is 27.6 Å². The number of hydrogen-bond donors (Lipinski definition) is 0. The summed E-state index contributed by atoms with van der Waals surface area (Å²) in [5.41, 5.74) is 2.98. The first-order valence-corrected chi connectivity index (χ1v) is 8.61. The van der Waals surface area contributed by atoms with Crippen molar-refractivity contribution in [1.29, 1.82) is 0 Å². The lowest BCUT2D eigenvalue weighted by molar-refractivity contribution is 0.479. The third-order valence-corrected chi connectivity index (χ3v) is 5.19. The summed E-state index contributed by atoms with van der Waals surface area (Å²) < 4.78 is 2.82. The number of halogens is 1. The molecule has 0 saturated carbocycles. The zero-order valence-electron chi connectivity index (χ0n) is 13.6. The van der Waals surface area contributed by atoms with Gasteiger partial charge in [0.05, 0.1) is 15.9 Å². The number of anilines is 1. The zero-order valence-corrected chi connectivity index (χ0v) is 15.2. The minimum absolute atomic E-state index is 0.507. The molecule has 3 heterocycles. The van der Waals surface area contributed by atoms with Crippen LogP contribution in [-0.4, -0.2) is 32.3 Å². The van der Waals surface area contributed by atoms with Crippen LogP contribution in [0.3, 0.4) is 0 Å². The lowest BCUT2D eigenvalue weighted by Gasteiger charge is -2.35. The summed E-state index contributed by atoms with van der Waals surface area (Å²) in [5.74, 6) is 1.64. The van der Waals surface area contributed by atoms with Gasteiger partial charge in [-0.05, 0) is 69.0 Å². The van der Waals surface area contributed by atoms with Gasteiger partial charge in [-0.15, -0.1) is 0 Å². The van der Waals surface area contributed by atoms with Crippen LogP contribution in [0.5, 0.6) is 0 Å². The Labute approximate surface area is 139 Å². The van der Waals surface area contributed by atoms with E-state index >= 15 is 0 Å². The lowest BCUT2D eigenvalue weighted by atomic mass is 10.0. The summed E-state index contributed by atoms with van der Waals surface area (Å²) in [7, 11) is 0. The summed E-state index contributed by atoms with van der Waals surface area (Å²) in [6, 6.07) is 2.55. The molecule has 1 saturated heterocycles. The van der Waals surface area contributed by atoms with Gasteiger partial charge >= 0.3 is 0 Å². The van der Waals surface area contributed by atoms with Crippen molar-refractivity contribution in [2.75, 3.05) is 11.4 Å². The van der Waals surface area contributed by atoms with Gasteiger partial charge in [-0.2, -0.15) is 10.1 Å². The number of hydrogen-bond acceptors (Lipinski definition) is 4. The van der Waals surface area contributed by atoms with Gasteiger partial charge in [-0.3, -0.25) is 0 Å². The van der Waals surface area contributed by atoms with E-state index in [1.807, 2.05) is 31.5 Å². The molecule has 0 aromatic carbocycles. The predicted molar refractivity (Wildman–Crippen MR) is 91.7 cm³/mol. The van der Waals surface area contributed by atoms with Crippen molar-refractivity contribution in [2.45, 2.75) is 53.0 Å². The first kappa shape index (κ1) is 15.5. The van der Waals surface area contributed by atoms with Gasteiger partial charge in [0.15, 0.2) is 0 Å². The van der Waals surface area contributed by atoms with Gasteiger partial charge in [-0.25, -0.2) is 9.67 Å². The summed E-state index contributed by atoms with van der Waals surface area (Å²) in [4.78, 5) is 11.8. The monoisotopic (exact) mass is 363 g/mol. The minimum Gasteiger partial charge on any atom is -0.353 e. The molecule has 1 aliphatic rings. The molecule has 0 radical (unpaired) electrons. The Morgan fingerprint density at radius 1 is 1.18 bits per heavy atom. The van der Waals surface area contributed by atoms with E-state index in [0.29, 0.717) is 12.0 Å². The first-order chi connectivity index (χ1) is 10.5. The first-order valence-electron chi connectivity index (χ1n) is 7.82. The Morgan fingerprint density at radius 2 is 1.95 bits per heavy atom. The van der Waals surface area contributed by atoms with Crippen molar-refractivity contribution < 1.29 is 0 Å². The number of nitrogens with zero attached hydrogens (tertiary/aromatic N) is 5. The molecule has 118 valence electrons. The molecular formula is C16H22BrN5. The van der Waals surface area contributed by atoms with Crippen molar-refractivity contribution >= 4 is 21.7 Å². The second kappa shape index (κ2) is 5.99. The summed E-state index contributed by atoms with van der Waals surface area (Å²) in [6.07, 6.45) is 3.73. The highest BCUT2D eigenvalue weighted by Crippen LogP contribution is 2.32. The summed E-state index contributed by atoms with van der Waals surface area (Å²) in [6.45, 7) is 9.35. The maximum Gasteiger partial charge on any atom is 0.253 e. The Kier molecular flexibility index (Phi) is 4.21. The summed E-state index contributed by atoms with van der Waals surface area (Å²) >= 11 is 3.68. The van der Waals surface area contributed by atoms with E-state index in [2.05, 4.69) is 37.8 Å². The van der Waals surface area contributed by atoms with Crippen LogP contribution in [0.25, 0.3) is 5.95 Å². The van der Waals surface area contributed by atoms with Gasteiger partial charge in [0.1, 0.15) is 5.82 Å². The average Bonchev–Trinajstić information content (AvgIpc) is 2.81. The number of rotatable bonds is 2. The fourth-order valence-electron chi connectivity index (χ4n) is 3.06. The van der Waals surface area contributed by atoms with E-state index in [4.69, 9.17) is 4.98 Å². The van der Waals surface area contributed by atoms with Crippen LogP contribution in [0, 0.1) is 20.8 Å². The molecule has 5 nitrogen and oxygen atoms in total.